The molecule has 0 aliphatic heterocycles. The van der Waals surface area contributed by atoms with E-state index < -0.39 is 28.5 Å². The molecule has 39 heavy (non-hydrogen) atoms. The summed E-state index contributed by atoms with van der Waals surface area (Å²) in [4.78, 5) is 28.4. The number of rotatable bonds is 11. The molecule has 7 nitrogen and oxygen atoms in total. The van der Waals surface area contributed by atoms with Crippen molar-refractivity contribution in [3.05, 3.63) is 94.0 Å². The van der Waals surface area contributed by atoms with Crippen LogP contribution in [0.5, 0.6) is 0 Å². The highest BCUT2D eigenvalue weighted by Crippen LogP contribution is 2.33. The Hall–Kier alpha value is -3.07. The van der Waals surface area contributed by atoms with Gasteiger partial charge in [0, 0.05) is 17.6 Å². The average Bonchev–Trinajstić information content (AvgIpc) is 2.91. The zero-order valence-electron chi connectivity index (χ0n) is 22.4. The highest BCUT2D eigenvalue weighted by Gasteiger charge is 2.33. The largest absolute Gasteiger partial charge is 0.352 e. The number of carbonyl (C=O) groups is 2. The van der Waals surface area contributed by atoms with E-state index in [1.54, 1.807) is 25.1 Å². The molecule has 0 aliphatic rings. The van der Waals surface area contributed by atoms with E-state index >= 15 is 0 Å². The lowest BCUT2D eigenvalue weighted by atomic mass is 10.1. The van der Waals surface area contributed by atoms with Crippen LogP contribution < -0.4 is 9.62 Å². The van der Waals surface area contributed by atoms with Crippen LogP contribution in [-0.4, -0.2) is 43.8 Å². The van der Waals surface area contributed by atoms with E-state index in [0.29, 0.717) is 0 Å². The normalized spacial score (nSPS) is 12.9. The van der Waals surface area contributed by atoms with E-state index in [-0.39, 0.29) is 39.1 Å². The van der Waals surface area contributed by atoms with Crippen LogP contribution in [0.15, 0.2) is 77.7 Å². The van der Waals surface area contributed by atoms with Crippen LogP contribution in [0.25, 0.3) is 0 Å². The number of carbonyl (C=O) groups excluding carboxylic acids is 2. The predicted molar refractivity (Wildman–Crippen MR) is 157 cm³/mol. The SMILES string of the molecule is CC[C@H](C)NC(=O)[C@H](C)N(Cc1cccc(C)c1)C(=O)CN(c1cc(Cl)ccc1Cl)S(=O)(=O)c1ccccc1. The molecular formula is C29H33Cl2N3O4S. The van der Waals surface area contributed by atoms with E-state index in [1.165, 1.54) is 35.2 Å². The summed E-state index contributed by atoms with van der Waals surface area (Å²) in [5.74, 6) is -0.900. The van der Waals surface area contributed by atoms with Crippen LogP contribution in [-0.2, 0) is 26.2 Å². The molecule has 2 amide bonds. The molecule has 1 N–H and O–H groups in total. The zero-order chi connectivity index (χ0) is 28.7. The minimum absolute atomic E-state index is 0.0124. The molecule has 0 aliphatic carbocycles. The summed E-state index contributed by atoms with van der Waals surface area (Å²) in [5, 5.41) is 3.28. The summed E-state index contributed by atoms with van der Waals surface area (Å²) in [5.41, 5.74) is 1.87. The van der Waals surface area contributed by atoms with Gasteiger partial charge in [-0.25, -0.2) is 8.42 Å². The maximum Gasteiger partial charge on any atom is 0.264 e. The average molecular weight is 591 g/mol. The van der Waals surface area contributed by atoms with Gasteiger partial charge < -0.3 is 10.2 Å². The standard InChI is InChI=1S/C29H33Cl2N3O4S/c1-5-21(3)32-29(36)22(4)33(18-23-11-9-10-20(2)16-23)28(35)19-34(27-17-24(30)14-15-26(27)31)39(37,38)25-12-7-6-8-13-25/h6-17,21-22H,5,18-19H2,1-4H3,(H,32,36)/t21-,22-/m0/s1. The molecule has 0 saturated carbocycles. The number of amides is 2. The minimum atomic E-state index is -4.23. The van der Waals surface area contributed by atoms with Gasteiger partial charge in [0.2, 0.25) is 11.8 Å². The number of aryl methyl sites for hydroxylation is 1. The number of hydrogen-bond acceptors (Lipinski definition) is 4. The van der Waals surface area contributed by atoms with Gasteiger partial charge in [-0.3, -0.25) is 13.9 Å². The van der Waals surface area contributed by atoms with Crippen LogP contribution in [0.2, 0.25) is 10.0 Å². The van der Waals surface area contributed by atoms with E-state index in [0.717, 1.165) is 21.9 Å². The molecule has 0 unspecified atom stereocenters. The van der Waals surface area contributed by atoms with Crippen molar-refractivity contribution in [2.45, 2.75) is 57.6 Å². The third kappa shape index (κ3) is 7.75. The first kappa shape index (κ1) is 30.5. The van der Waals surface area contributed by atoms with Crippen molar-refractivity contribution < 1.29 is 18.0 Å². The Bertz CT molecular complexity index is 1420. The third-order valence-electron chi connectivity index (χ3n) is 6.39. The van der Waals surface area contributed by atoms with Gasteiger partial charge in [-0.1, -0.05) is 78.2 Å². The van der Waals surface area contributed by atoms with Crippen molar-refractivity contribution in [3.63, 3.8) is 0 Å². The number of nitrogens with zero attached hydrogens (tertiary/aromatic N) is 2. The van der Waals surface area contributed by atoms with Gasteiger partial charge in [-0.2, -0.15) is 0 Å². The van der Waals surface area contributed by atoms with E-state index in [4.69, 9.17) is 23.2 Å². The number of hydrogen-bond donors (Lipinski definition) is 1. The van der Waals surface area contributed by atoms with Gasteiger partial charge in [0.1, 0.15) is 12.6 Å². The maximum atomic E-state index is 14.0. The van der Waals surface area contributed by atoms with Crippen LogP contribution in [0, 0.1) is 6.92 Å². The van der Waals surface area contributed by atoms with E-state index in [1.807, 2.05) is 45.0 Å². The lowest BCUT2D eigenvalue weighted by Crippen LogP contribution is -2.52. The molecule has 0 spiro atoms. The van der Waals surface area contributed by atoms with Crippen molar-refractivity contribution in [2.75, 3.05) is 10.8 Å². The van der Waals surface area contributed by atoms with Crippen molar-refractivity contribution in [3.8, 4) is 0 Å². The fourth-order valence-corrected chi connectivity index (χ4v) is 5.85. The first-order valence-corrected chi connectivity index (χ1v) is 14.8. The van der Waals surface area contributed by atoms with Gasteiger partial charge in [-0.05, 0) is 63.1 Å². The second kappa shape index (κ2) is 13.3. The molecule has 3 aromatic carbocycles. The van der Waals surface area contributed by atoms with Crippen molar-refractivity contribution in [1.29, 1.82) is 0 Å². The number of sulfonamides is 1. The topological polar surface area (TPSA) is 86.8 Å². The Morgan fingerprint density at radius 1 is 0.949 bits per heavy atom. The Labute approximate surface area is 240 Å². The van der Waals surface area contributed by atoms with Gasteiger partial charge in [0.15, 0.2) is 0 Å². The summed E-state index contributed by atoms with van der Waals surface area (Å²) in [6.07, 6.45) is 0.723. The second-order valence-corrected chi connectivity index (χ2v) is 12.1. The molecule has 2 atom stereocenters. The summed E-state index contributed by atoms with van der Waals surface area (Å²) in [6.45, 7) is 6.92. The summed E-state index contributed by atoms with van der Waals surface area (Å²) in [7, 11) is -4.23. The Kier molecular flexibility index (Phi) is 10.4. The number of anilines is 1. The fourth-order valence-electron chi connectivity index (χ4n) is 3.97. The summed E-state index contributed by atoms with van der Waals surface area (Å²) < 4.78 is 28.6. The lowest BCUT2D eigenvalue weighted by Gasteiger charge is -2.32. The van der Waals surface area contributed by atoms with Gasteiger partial charge in [-0.15, -0.1) is 0 Å². The third-order valence-corrected chi connectivity index (χ3v) is 8.72. The minimum Gasteiger partial charge on any atom is -0.352 e. The Balaban J connectivity index is 2.06. The number of nitrogens with one attached hydrogen (secondary N) is 1. The van der Waals surface area contributed by atoms with Gasteiger partial charge >= 0.3 is 0 Å². The quantitative estimate of drug-likeness (QED) is 0.305. The molecule has 208 valence electrons. The molecule has 0 fully saturated rings. The van der Waals surface area contributed by atoms with Crippen molar-refractivity contribution in [1.82, 2.24) is 10.2 Å². The molecule has 0 radical (unpaired) electrons. The van der Waals surface area contributed by atoms with Gasteiger partial charge in [0.05, 0.1) is 15.6 Å². The molecular weight excluding hydrogens is 557 g/mol. The van der Waals surface area contributed by atoms with Crippen molar-refractivity contribution in [2.24, 2.45) is 0 Å². The molecule has 3 aromatic rings. The summed E-state index contributed by atoms with van der Waals surface area (Å²) >= 11 is 12.6. The Morgan fingerprint density at radius 3 is 2.28 bits per heavy atom. The molecule has 0 bridgehead atoms. The highest BCUT2D eigenvalue weighted by atomic mass is 35.5. The van der Waals surface area contributed by atoms with Crippen LogP contribution in [0.3, 0.4) is 0 Å². The van der Waals surface area contributed by atoms with Crippen molar-refractivity contribution >= 4 is 50.7 Å². The smallest absolute Gasteiger partial charge is 0.264 e. The van der Waals surface area contributed by atoms with E-state index in [2.05, 4.69) is 5.32 Å². The molecule has 10 heteroatoms. The predicted octanol–water partition coefficient (Wildman–Crippen LogP) is 5.83. The van der Waals surface area contributed by atoms with Crippen LogP contribution in [0.4, 0.5) is 5.69 Å². The molecule has 0 heterocycles. The zero-order valence-corrected chi connectivity index (χ0v) is 24.7. The molecule has 0 saturated heterocycles. The maximum absolute atomic E-state index is 14.0. The van der Waals surface area contributed by atoms with E-state index in [9.17, 15) is 18.0 Å². The highest BCUT2D eigenvalue weighted by molar-refractivity contribution is 7.92. The van der Waals surface area contributed by atoms with Crippen LogP contribution >= 0.6 is 23.2 Å². The summed E-state index contributed by atoms with van der Waals surface area (Å²) in [6, 6.07) is 18.8. The fraction of sp³-hybridized carbons (Fsp3) is 0.310. The number of benzene rings is 3. The molecule has 0 aromatic heterocycles. The van der Waals surface area contributed by atoms with Gasteiger partial charge in [0.25, 0.3) is 10.0 Å². The second-order valence-electron chi connectivity index (χ2n) is 9.43. The number of halogens is 2. The first-order valence-electron chi connectivity index (χ1n) is 12.6. The van der Waals surface area contributed by atoms with Crippen LogP contribution in [0.1, 0.15) is 38.3 Å². The lowest BCUT2D eigenvalue weighted by molar-refractivity contribution is -0.139. The monoisotopic (exact) mass is 589 g/mol. The Morgan fingerprint density at radius 2 is 1.64 bits per heavy atom. The molecule has 3 rings (SSSR count). The first-order chi connectivity index (χ1) is 18.4.